The summed E-state index contributed by atoms with van der Waals surface area (Å²) in [5.74, 6) is -1.21. The maximum absolute atomic E-state index is 13.3. The number of benzene rings is 2. The highest BCUT2D eigenvalue weighted by molar-refractivity contribution is 9.10. The standard InChI is InChI=1S/C21H20BrFN2O3/c1-2-28-12-4-11-25-20(26)18(14-7-9-16(23)10-8-14)19(21(25)27)24-17-6-3-5-15(22)13-17/h3,5-10,13,24H,2,4,11-12H2,1H3. The van der Waals surface area contributed by atoms with Crippen LogP contribution in [0.2, 0.25) is 0 Å². The van der Waals surface area contributed by atoms with Crippen molar-refractivity contribution >= 4 is 39.0 Å². The van der Waals surface area contributed by atoms with Crippen LogP contribution >= 0.6 is 15.9 Å². The van der Waals surface area contributed by atoms with Crippen molar-refractivity contribution in [2.45, 2.75) is 13.3 Å². The van der Waals surface area contributed by atoms with Crippen LogP contribution in [0.25, 0.3) is 5.57 Å². The summed E-state index contributed by atoms with van der Waals surface area (Å²) >= 11 is 3.39. The molecule has 0 unspecified atom stereocenters. The number of halogens is 2. The van der Waals surface area contributed by atoms with Crippen molar-refractivity contribution in [1.82, 2.24) is 4.90 Å². The summed E-state index contributed by atoms with van der Waals surface area (Å²) in [6.45, 7) is 3.19. The molecule has 0 spiro atoms. The number of amides is 2. The molecule has 0 bridgehead atoms. The number of ether oxygens (including phenoxy) is 1. The highest BCUT2D eigenvalue weighted by Crippen LogP contribution is 2.31. The van der Waals surface area contributed by atoms with Crippen LogP contribution in [0.1, 0.15) is 18.9 Å². The number of imide groups is 1. The maximum Gasteiger partial charge on any atom is 0.278 e. The van der Waals surface area contributed by atoms with E-state index >= 15 is 0 Å². The lowest BCUT2D eigenvalue weighted by atomic mass is 10.0. The van der Waals surface area contributed by atoms with Gasteiger partial charge in [0.15, 0.2) is 0 Å². The fraction of sp³-hybridized carbons (Fsp3) is 0.238. The van der Waals surface area contributed by atoms with Gasteiger partial charge in [-0.1, -0.05) is 34.1 Å². The van der Waals surface area contributed by atoms with Crippen molar-refractivity contribution in [3.63, 3.8) is 0 Å². The number of hydrogen-bond donors (Lipinski definition) is 1. The number of carbonyl (C=O) groups excluding carboxylic acids is 2. The second-order valence-corrected chi connectivity index (χ2v) is 7.12. The Kier molecular flexibility index (Phi) is 6.59. The summed E-state index contributed by atoms with van der Waals surface area (Å²) in [6.07, 6.45) is 0.548. The predicted octanol–water partition coefficient (Wildman–Crippen LogP) is 4.21. The van der Waals surface area contributed by atoms with E-state index in [0.29, 0.717) is 30.9 Å². The smallest absolute Gasteiger partial charge is 0.278 e. The third-order valence-electron chi connectivity index (χ3n) is 4.27. The molecule has 146 valence electrons. The zero-order valence-electron chi connectivity index (χ0n) is 15.4. The number of rotatable bonds is 8. The summed E-state index contributed by atoms with van der Waals surface area (Å²) in [7, 11) is 0. The molecular weight excluding hydrogens is 427 g/mol. The average Bonchev–Trinajstić information content (AvgIpc) is 2.90. The van der Waals surface area contributed by atoms with Crippen molar-refractivity contribution in [3.05, 3.63) is 70.1 Å². The van der Waals surface area contributed by atoms with Crippen LogP contribution in [0.5, 0.6) is 0 Å². The molecule has 0 saturated heterocycles. The minimum Gasteiger partial charge on any atom is -0.382 e. The summed E-state index contributed by atoms with van der Waals surface area (Å²) in [5, 5.41) is 3.07. The van der Waals surface area contributed by atoms with Gasteiger partial charge < -0.3 is 10.1 Å². The van der Waals surface area contributed by atoms with Crippen molar-refractivity contribution in [2.75, 3.05) is 25.1 Å². The van der Waals surface area contributed by atoms with E-state index in [1.54, 1.807) is 6.07 Å². The van der Waals surface area contributed by atoms with Gasteiger partial charge in [-0.2, -0.15) is 0 Å². The zero-order chi connectivity index (χ0) is 20.1. The summed E-state index contributed by atoms with van der Waals surface area (Å²) < 4.78 is 19.5. The monoisotopic (exact) mass is 446 g/mol. The number of carbonyl (C=O) groups is 2. The summed E-state index contributed by atoms with van der Waals surface area (Å²) in [6, 6.07) is 12.8. The molecule has 0 aromatic heterocycles. The lowest BCUT2D eigenvalue weighted by Crippen LogP contribution is -2.34. The van der Waals surface area contributed by atoms with Gasteiger partial charge in [0.2, 0.25) is 0 Å². The van der Waals surface area contributed by atoms with Crippen LogP contribution in [0.4, 0.5) is 10.1 Å². The predicted molar refractivity (Wildman–Crippen MR) is 109 cm³/mol. The van der Waals surface area contributed by atoms with Gasteiger partial charge in [0, 0.05) is 29.9 Å². The molecule has 2 amide bonds. The molecule has 0 saturated carbocycles. The van der Waals surface area contributed by atoms with E-state index < -0.39 is 17.6 Å². The number of anilines is 1. The topological polar surface area (TPSA) is 58.6 Å². The summed E-state index contributed by atoms with van der Waals surface area (Å²) in [4.78, 5) is 27.2. The van der Waals surface area contributed by atoms with E-state index in [-0.39, 0.29) is 17.8 Å². The summed E-state index contributed by atoms with van der Waals surface area (Å²) in [5.41, 5.74) is 1.58. The maximum atomic E-state index is 13.3. The van der Waals surface area contributed by atoms with E-state index in [9.17, 15) is 14.0 Å². The number of nitrogens with zero attached hydrogens (tertiary/aromatic N) is 1. The number of hydrogen-bond acceptors (Lipinski definition) is 4. The second kappa shape index (κ2) is 9.12. The zero-order valence-corrected chi connectivity index (χ0v) is 17.0. The SMILES string of the molecule is CCOCCCN1C(=O)C(Nc2cccc(Br)c2)=C(c2ccc(F)cc2)C1=O. The van der Waals surface area contributed by atoms with Crippen LogP contribution in [0, 0.1) is 5.82 Å². The molecule has 3 rings (SSSR count). The minimum absolute atomic E-state index is 0.186. The van der Waals surface area contributed by atoms with Gasteiger partial charge in [0.05, 0.1) is 5.57 Å². The molecule has 7 heteroatoms. The van der Waals surface area contributed by atoms with E-state index in [0.717, 1.165) is 4.47 Å². The fourth-order valence-electron chi connectivity index (χ4n) is 2.96. The molecule has 0 atom stereocenters. The number of nitrogens with one attached hydrogen (secondary N) is 1. The van der Waals surface area contributed by atoms with Crippen LogP contribution in [-0.4, -0.2) is 36.5 Å². The molecule has 2 aromatic rings. The quantitative estimate of drug-likeness (QED) is 0.487. The first kappa shape index (κ1) is 20.2. The largest absolute Gasteiger partial charge is 0.382 e. The Morgan fingerprint density at radius 2 is 1.86 bits per heavy atom. The van der Waals surface area contributed by atoms with Crippen LogP contribution in [0.3, 0.4) is 0 Å². The first-order valence-electron chi connectivity index (χ1n) is 8.98. The van der Waals surface area contributed by atoms with Gasteiger partial charge in [-0.15, -0.1) is 0 Å². The Bertz CT molecular complexity index is 912. The van der Waals surface area contributed by atoms with Gasteiger partial charge in [-0.05, 0) is 49.2 Å². The molecule has 0 aliphatic carbocycles. The van der Waals surface area contributed by atoms with Crippen molar-refractivity contribution in [2.24, 2.45) is 0 Å². The molecule has 5 nitrogen and oxygen atoms in total. The minimum atomic E-state index is -0.406. The molecule has 1 aliphatic rings. The van der Waals surface area contributed by atoms with Crippen LogP contribution in [-0.2, 0) is 14.3 Å². The Morgan fingerprint density at radius 3 is 2.54 bits per heavy atom. The molecule has 1 heterocycles. The van der Waals surface area contributed by atoms with Gasteiger partial charge >= 0.3 is 0 Å². The van der Waals surface area contributed by atoms with Crippen LogP contribution < -0.4 is 5.32 Å². The average molecular weight is 447 g/mol. The first-order chi connectivity index (χ1) is 13.5. The van der Waals surface area contributed by atoms with Gasteiger partial charge in [-0.3, -0.25) is 14.5 Å². The normalized spacial score (nSPS) is 14.2. The molecular formula is C21H20BrFN2O3. The lowest BCUT2D eigenvalue weighted by Gasteiger charge is -2.15. The molecule has 0 fully saturated rings. The Balaban J connectivity index is 1.93. The molecule has 1 aliphatic heterocycles. The third kappa shape index (κ3) is 4.48. The van der Waals surface area contributed by atoms with Crippen molar-refractivity contribution in [3.8, 4) is 0 Å². The van der Waals surface area contributed by atoms with Crippen LogP contribution in [0.15, 0.2) is 58.7 Å². The fourth-order valence-corrected chi connectivity index (χ4v) is 3.36. The van der Waals surface area contributed by atoms with Crippen molar-refractivity contribution < 1.29 is 18.7 Å². The van der Waals surface area contributed by atoms with Gasteiger partial charge in [0.1, 0.15) is 11.5 Å². The van der Waals surface area contributed by atoms with E-state index in [4.69, 9.17) is 4.74 Å². The van der Waals surface area contributed by atoms with E-state index in [2.05, 4.69) is 21.2 Å². The molecule has 1 N–H and O–H groups in total. The lowest BCUT2D eigenvalue weighted by molar-refractivity contribution is -0.137. The highest BCUT2D eigenvalue weighted by atomic mass is 79.9. The molecule has 0 radical (unpaired) electrons. The van der Waals surface area contributed by atoms with E-state index in [1.165, 1.54) is 29.2 Å². The first-order valence-corrected chi connectivity index (χ1v) is 9.77. The van der Waals surface area contributed by atoms with Gasteiger partial charge in [-0.25, -0.2) is 4.39 Å². The molecule has 28 heavy (non-hydrogen) atoms. The van der Waals surface area contributed by atoms with E-state index in [1.807, 2.05) is 25.1 Å². The Labute approximate surface area is 171 Å². The third-order valence-corrected chi connectivity index (χ3v) is 4.76. The second-order valence-electron chi connectivity index (χ2n) is 6.20. The Morgan fingerprint density at radius 1 is 1.11 bits per heavy atom. The van der Waals surface area contributed by atoms with Crippen molar-refractivity contribution in [1.29, 1.82) is 0 Å². The Hall–Kier alpha value is -2.51. The highest BCUT2D eigenvalue weighted by Gasteiger charge is 2.38. The molecule has 2 aromatic carbocycles. The van der Waals surface area contributed by atoms with Gasteiger partial charge in [0.25, 0.3) is 11.8 Å².